The summed E-state index contributed by atoms with van der Waals surface area (Å²) in [6.45, 7) is 4.61. The minimum absolute atomic E-state index is 0.203. The van der Waals surface area contributed by atoms with Crippen LogP contribution in [-0.2, 0) is 11.2 Å². The van der Waals surface area contributed by atoms with Crippen LogP contribution in [0.2, 0.25) is 0 Å². The summed E-state index contributed by atoms with van der Waals surface area (Å²) in [6.07, 6.45) is 4.44. The van der Waals surface area contributed by atoms with Gasteiger partial charge in [0, 0.05) is 42.7 Å². The second kappa shape index (κ2) is 8.29. The smallest absolute Gasteiger partial charge is 0.167 e. The first-order valence-electron chi connectivity index (χ1n) is 11.0. The molecule has 1 N–H and O–H groups in total. The summed E-state index contributed by atoms with van der Waals surface area (Å²) in [4.78, 5) is 15.2. The summed E-state index contributed by atoms with van der Waals surface area (Å²) >= 11 is 0. The van der Waals surface area contributed by atoms with Gasteiger partial charge in [0.2, 0.25) is 0 Å². The monoisotopic (exact) mass is 390 g/mol. The van der Waals surface area contributed by atoms with E-state index in [1.165, 1.54) is 37.1 Å². The first-order chi connectivity index (χ1) is 14.3. The number of hydrogen-bond donors (Lipinski definition) is 1. The predicted octanol–water partition coefficient (Wildman–Crippen LogP) is 3.80. The number of anilines is 1. The van der Waals surface area contributed by atoms with Gasteiger partial charge in [-0.1, -0.05) is 30.3 Å². The third kappa shape index (κ3) is 4.71. The number of ketones is 1. The van der Waals surface area contributed by atoms with Gasteiger partial charge in [-0.25, -0.2) is 0 Å². The molecule has 0 bridgehead atoms. The van der Waals surface area contributed by atoms with E-state index in [1.807, 2.05) is 12.1 Å². The highest BCUT2D eigenvalue weighted by Gasteiger charge is 2.39. The number of carbonyl (C=O) groups is 1. The second-order valence-electron chi connectivity index (χ2n) is 8.79. The van der Waals surface area contributed by atoms with Crippen molar-refractivity contribution in [3.05, 3.63) is 65.2 Å². The highest BCUT2D eigenvalue weighted by atomic mass is 16.5. The average molecular weight is 391 g/mol. The van der Waals surface area contributed by atoms with Gasteiger partial charge in [-0.3, -0.25) is 4.79 Å². The molecule has 0 radical (unpaired) electrons. The molecule has 2 saturated carbocycles. The summed E-state index contributed by atoms with van der Waals surface area (Å²) in [5.74, 6) is 1.70. The summed E-state index contributed by atoms with van der Waals surface area (Å²) in [5.41, 5.74) is 4.44. The molecule has 3 fully saturated rings. The molecule has 152 valence electrons. The molecule has 1 heterocycles. The highest BCUT2D eigenvalue weighted by molar-refractivity contribution is 5.97. The van der Waals surface area contributed by atoms with E-state index in [-0.39, 0.29) is 5.78 Å². The first kappa shape index (κ1) is 18.8. The fraction of sp³-hybridized carbons (Fsp3) is 0.480. The quantitative estimate of drug-likeness (QED) is 0.696. The zero-order valence-electron chi connectivity index (χ0n) is 17.0. The lowest BCUT2D eigenvalue weighted by molar-refractivity contribution is 0.0993. The molecule has 2 aromatic rings. The third-order valence-electron chi connectivity index (χ3n) is 6.47. The molecule has 1 saturated heterocycles. The van der Waals surface area contributed by atoms with E-state index in [0.717, 1.165) is 43.3 Å². The van der Waals surface area contributed by atoms with Crippen molar-refractivity contribution in [3.8, 4) is 0 Å². The predicted molar refractivity (Wildman–Crippen MR) is 116 cm³/mol. The number of rotatable bonds is 8. The summed E-state index contributed by atoms with van der Waals surface area (Å²) < 4.78 is 5.42. The molecule has 0 amide bonds. The minimum Gasteiger partial charge on any atom is -0.378 e. The number of carbonyl (C=O) groups excluding carboxylic acids is 1. The lowest BCUT2D eigenvalue weighted by atomic mass is 9.99. The molecule has 4 heteroatoms. The molecule has 2 atom stereocenters. The second-order valence-corrected chi connectivity index (χ2v) is 8.79. The average Bonchev–Trinajstić information content (AvgIpc) is 3.69. The van der Waals surface area contributed by atoms with Crippen LogP contribution in [0.15, 0.2) is 48.5 Å². The molecular weight excluding hydrogens is 360 g/mol. The van der Waals surface area contributed by atoms with Gasteiger partial charge in [0.1, 0.15) is 0 Å². The summed E-state index contributed by atoms with van der Waals surface area (Å²) in [7, 11) is 0. The zero-order chi connectivity index (χ0) is 19.6. The number of ether oxygens (including phenoxy) is 1. The van der Waals surface area contributed by atoms with Crippen LogP contribution in [0.25, 0.3) is 0 Å². The number of Topliss-reactive ketones (excluding diaryl/α,β-unsaturated/α-hetero) is 1. The zero-order valence-corrected chi connectivity index (χ0v) is 17.0. The van der Waals surface area contributed by atoms with E-state index in [2.05, 4.69) is 46.6 Å². The third-order valence-corrected chi connectivity index (χ3v) is 6.47. The molecule has 2 unspecified atom stereocenters. The lowest BCUT2D eigenvalue weighted by Gasteiger charge is -2.28. The maximum atomic E-state index is 12.9. The Kier molecular flexibility index (Phi) is 5.38. The molecule has 29 heavy (non-hydrogen) atoms. The van der Waals surface area contributed by atoms with E-state index in [0.29, 0.717) is 18.4 Å². The number of hydrogen-bond acceptors (Lipinski definition) is 4. The van der Waals surface area contributed by atoms with Gasteiger partial charge >= 0.3 is 0 Å². The van der Waals surface area contributed by atoms with Crippen molar-refractivity contribution in [2.45, 2.75) is 37.6 Å². The fourth-order valence-electron chi connectivity index (χ4n) is 4.31. The Bertz CT molecular complexity index is 853. The van der Waals surface area contributed by atoms with Gasteiger partial charge in [0.15, 0.2) is 5.78 Å². The largest absolute Gasteiger partial charge is 0.378 e. The maximum Gasteiger partial charge on any atom is 0.167 e. The van der Waals surface area contributed by atoms with Crippen LogP contribution in [0, 0.1) is 5.92 Å². The molecular formula is C25H30N2O2. The van der Waals surface area contributed by atoms with Crippen molar-refractivity contribution in [1.82, 2.24) is 5.32 Å². The Balaban J connectivity index is 1.18. The van der Waals surface area contributed by atoms with Gasteiger partial charge in [0.25, 0.3) is 0 Å². The van der Waals surface area contributed by atoms with Crippen molar-refractivity contribution >= 4 is 11.5 Å². The van der Waals surface area contributed by atoms with Crippen LogP contribution in [0.3, 0.4) is 0 Å². The van der Waals surface area contributed by atoms with Crippen molar-refractivity contribution in [1.29, 1.82) is 0 Å². The number of nitrogens with zero attached hydrogens (tertiary/aromatic N) is 1. The Morgan fingerprint density at radius 2 is 1.86 bits per heavy atom. The van der Waals surface area contributed by atoms with Crippen molar-refractivity contribution < 1.29 is 9.53 Å². The molecule has 0 spiro atoms. The Hall–Kier alpha value is -2.17. The van der Waals surface area contributed by atoms with Crippen LogP contribution in [0.5, 0.6) is 0 Å². The highest BCUT2D eigenvalue weighted by Crippen LogP contribution is 2.42. The molecule has 0 aromatic heterocycles. The molecule has 2 aromatic carbocycles. The van der Waals surface area contributed by atoms with Crippen molar-refractivity contribution in [2.75, 3.05) is 37.7 Å². The Morgan fingerprint density at radius 1 is 1.07 bits per heavy atom. The molecule has 2 aliphatic carbocycles. The summed E-state index contributed by atoms with van der Waals surface area (Å²) in [6, 6.07) is 17.3. The number of nitrogens with one attached hydrogen (secondary N) is 1. The standard InChI is InChI=1S/C25H30N2O2/c28-25(14-18-6-8-22(9-7-18)27-10-12-29-13-11-27)21-3-1-2-20(15-21)23-16-24(23)26-17-19-4-5-19/h1-3,6-9,15,19,23-24,26H,4-5,10-14,16-17H2. The van der Waals surface area contributed by atoms with Gasteiger partial charge in [-0.2, -0.15) is 0 Å². The molecule has 4 nitrogen and oxygen atoms in total. The normalized spacial score (nSPS) is 23.8. The van der Waals surface area contributed by atoms with Gasteiger partial charge in [0.05, 0.1) is 13.2 Å². The van der Waals surface area contributed by atoms with Gasteiger partial charge < -0.3 is 15.0 Å². The fourth-order valence-corrected chi connectivity index (χ4v) is 4.31. The van der Waals surface area contributed by atoms with Crippen molar-refractivity contribution in [2.24, 2.45) is 5.92 Å². The van der Waals surface area contributed by atoms with Crippen LogP contribution in [-0.4, -0.2) is 44.7 Å². The van der Waals surface area contributed by atoms with E-state index in [9.17, 15) is 4.79 Å². The topological polar surface area (TPSA) is 41.6 Å². The SMILES string of the molecule is O=C(Cc1ccc(N2CCOCC2)cc1)c1cccc(C2CC2NCC2CC2)c1. The minimum atomic E-state index is 0.203. The van der Waals surface area contributed by atoms with E-state index < -0.39 is 0 Å². The van der Waals surface area contributed by atoms with E-state index in [4.69, 9.17) is 4.74 Å². The van der Waals surface area contributed by atoms with Crippen LogP contribution < -0.4 is 10.2 Å². The van der Waals surface area contributed by atoms with Crippen LogP contribution in [0.1, 0.15) is 46.7 Å². The van der Waals surface area contributed by atoms with Gasteiger partial charge in [-0.15, -0.1) is 0 Å². The van der Waals surface area contributed by atoms with Gasteiger partial charge in [-0.05, 0) is 61.1 Å². The van der Waals surface area contributed by atoms with Crippen LogP contribution in [0.4, 0.5) is 5.69 Å². The van der Waals surface area contributed by atoms with E-state index in [1.54, 1.807) is 0 Å². The Morgan fingerprint density at radius 3 is 2.62 bits per heavy atom. The number of morpholine rings is 1. The molecule has 5 rings (SSSR count). The number of benzene rings is 2. The first-order valence-corrected chi connectivity index (χ1v) is 11.0. The Labute approximate surface area is 173 Å². The molecule has 3 aliphatic rings. The maximum absolute atomic E-state index is 12.9. The van der Waals surface area contributed by atoms with Crippen molar-refractivity contribution in [3.63, 3.8) is 0 Å². The molecule has 1 aliphatic heterocycles. The van der Waals surface area contributed by atoms with E-state index >= 15 is 0 Å². The lowest BCUT2D eigenvalue weighted by Crippen LogP contribution is -2.36. The summed E-state index contributed by atoms with van der Waals surface area (Å²) in [5, 5.41) is 3.69. The van der Waals surface area contributed by atoms with Crippen LogP contribution >= 0.6 is 0 Å².